The van der Waals surface area contributed by atoms with E-state index < -0.39 is 0 Å². The van der Waals surface area contributed by atoms with Crippen molar-refractivity contribution < 1.29 is 9.90 Å². The van der Waals surface area contributed by atoms with E-state index >= 15 is 0 Å². The lowest BCUT2D eigenvalue weighted by molar-refractivity contribution is -0.134. The van der Waals surface area contributed by atoms with Crippen LogP contribution in [-0.2, 0) is 4.79 Å². The molecular formula is C12H21NO2. The fourth-order valence-corrected chi connectivity index (χ4v) is 2.62. The van der Waals surface area contributed by atoms with E-state index in [2.05, 4.69) is 12.2 Å². The Kier molecular flexibility index (Phi) is 3.01. The number of nitrogens with one attached hydrogen (secondary N) is 1. The van der Waals surface area contributed by atoms with Crippen LogP contribution in [0.2, 0.25) is 0 Å². The summed E-state index contributed by atoms with van der Waals surface area (Å²) in [5.41, 5.74) is -0.140. The van der Waals surface area contributed by atoms with E-state index in [4.69, 9.17) is 5.11 Å². The highest BCUT2D eigenvalue weighted by atomic mass is 16.3. The third-order valence-corrected chi connectivity index (χ3v) is 3.95. The van der Waals surface area contributed by atoms with Crippen LogP contribution < -0.4 is 5.32 Å². The lowest BCUT2D eigenvalue weighted by Crippen LogP contribution is -2.51. The summed E-state index contributed by atoms with van der Waals surface area (Å²) in [7, 11) is 0. The molecule has 2 fully saturated rings. The van der Waals surface area contributed by atoms with Crippen molar-refractivity contribution in [3.63, 3.8) is 0 Å². The van der Waals surface area contributed by atoms with Crippen LogP contribution in [0.25, 0.3) is 0 Å². The summed E-state index contributed by atoms with van der Waals surface area (Å²) in [6, 6.07) is 0.228. The second-order valence-corrected chi connectivity index (χ2v) is 5.42. The van der Waals surface area contributed by atoms with Gasteiger partial charge < -0.3 is 10.4 Å². The number of hydrogen-bond acceptors (Lipinski definition) is 2. The molecule has 2 aliphatic carbocycles. The largest absolute Gasteiger partial charge is 0.393 e. The maximum absolute atomic E-state index is 12.0. The van der Waals surface area contributed by atoms with Crippen LogP contribution in [0.3, 0.4) is 0 Å². The number of carbonyl (C=O) groups is 1. The lowest BCUT2D eigenvalue weighted by Gasteiger charge is -2.37. The molecule has 1 amide bonds. The zero-order valence-corrected chi connectivity index (χ0v) is 9.46. The molecule has 0 aromatic heterocycles. The van der Waals surface area contributed by atoms with Crippen LogP contribution in [-0.4, -0.2) is 23.2 Å². The van der Waals surface area contributed by atoms with Crippen molar-refractivity contribution in [2.45, 2.75) is 64.0 Å². The number of carbonyl (C=O) groups excluding carboxylic acids is 1. The highest BCUT2D eigenvalue weighted by Crippen LogP contribution is 2.36. The van der Waals surface area contributed by atoms with Gasteiger partial charge in [-0.25, -0.2) is 0 Å². The van der Waals surface area contributed by atoms with Crippen molar-refractivity contribution >= 4 is 5.91 Å². The molecule has 0 aromatic rings. The van der Waals surface area contributed by atoms with Gasteiger partial charge in [-0.3, -0.25) is 4.79 Å². The highest BCUT2D eigenvalue weighted by Gasteiger charge is 2.37. The fraction of sp³-hybridized carbons (Fsp3) is 0.917. The van der Waals surface area contributed by atoms with Crippen molar-refractivity contribution in [1.82, 2.24) is 5.32 Å². The van der Waals surface area contributed by atoms with Gasteiger partial charge in [-0.05, 0) is 25.7 Å². The summed E-state index contributed by atoms with van der Waals surface area (Å²) in [5, 5.41) is 12.2. The zero-order valence-electron chi connectivity index (χ0n) is 9.46. The molecular weight excluding hydrogens is 190 g/mol. The molecule has 0 heterocycles. The minimum atomic E-state index is -0.186. The molecule has 2 saturated carbocycles. The summed E-state index contributed by atoms with van der Waals surface area (Å²) >= 11 is 0. The van der Waals surface area contributed by atoms with Gasteiger partial charge in [0.1, 0.15) is 0 Å². The van der Waals surface area contributed by atoms with Crippen LogP contribution in [0.4, 0.5) is 0 Å². The minimum absolute atomic E-state index is 0.140. The first-order valence-corrected chi connectivity index (χ1v) is 6.09. The first kappa shape index (κ1) is 10.9. The van der Waals surface area contributed by atoms with Gasteiger partial charge in [0, 0.05) is 11.5 Å². The fourth-order valence-electron chi connectivity index (χ4n) is 2.62. The highest BCUT2D eigenvalue weighted by molar-refractivity contribution is 5.82. The Bertz CT molecular complexity index is 240. The number of aliphatic hydroxyl groups excluding tert-OH is 1. The van der Waals surface area contributed by atoms with Gasteiger partial charge in [0.05, 0.1) is 6.10 Å². The molecule has 0 aliphatic heterocycles. The first-order valence-electron chi connectivity index (χ1n) is 6.09. The molecule has 0 atom stereocenters. The molecule has 2 aliphatic rings. The summed E-state index contributed by atoms with van der Waals surface area (Å²) in [4.78, 5) is 12.0. The number of aliphatic hydroxyl groups is 1. The summed E-state index contributed by atoms with van der Waals surface area (Å²) in [6.45, 7) is 2.08. The van der Waals surface area contributed by atoms with E-state index in [0.717, 1.165) is 25.7 Å². The quantitative estimate of drug-likeness (QED) is 0.729. The SMILES string of the molecule is CC1(C(=O)NC2CC(O)C2)CCCCC1. The summed E-state index contributed by atoms with van der Waals surface area (Å²) in [5.74, 6) is 0.208. The van der Waals surface area contributed by atoms with Crippen molar-refractivity contribution in [2.75, 3.05) is 0 Å². The molecule has 2 N–H and O–H groups in total. The lowest BCUT2D eigenvalue weighted by atomic mass is 9.74. The normalized spacial score (nSPS) is 34.3. The maximum atomic E-state index is 12.0. The molecule has 3 nitrogen and oxygen atoms in total. The van der Waals surface area contributed by atoms with E-state index in [1.54, 1.807) is 0 Å². The molecule has 86 valence electrons. The van der Waals surface area contributed by atoms with E-state index in [1.165, 1.54) is 19.3 Å². The predicted octanol–water partition coefficient (Wildman–Crippen LogP) is 1.60. The number of hydrogen-bond donors (Lipinski definition) is 2. The molecule has 15 heavy (non-hydrogen) atoms. The second-order valence-electron chi connectivity index (χ2n) is 5.42. The van der Waals surface area contributed by atoms with Crippen molar-refractivity contribution in [3.8, 4) is 0 Å². The smallest absolute Gasteiger partial charge is 0.226 e. The monoisotopic (exact) mass is 211 g/mol. The van der Waals surface area contributed by atoms with E-state index in [1.807, 2.05) is 0 Å². The first-order chi connectivity index (χ1) is 7.10. The summed E-state index contributed by atoms with van der Waals surface area (Å²) < 4.78 is 0. The Labute approximate surface area is 91.2 Å². The third kappa shape index (κ3) is 2.33. The Morgan fingerprint density at radius 1 is 1.27 bits per heavy atom. The zero-order chi connectivity index (χ0) is 10.9. The Morgan fingerprint density at radius 2 is 1.87 bits per heavy atom. The predicted molar refractivity (Wildman–Crippen MR) is 58.4 cm³/mol. The Hall–Kier alpha value is -0.570. The van der Waals surface area contributed by atoms with Crippen LogP contribution in [0.5, 0.6) is 0 Å². The van der Waals surface area contributed by atoms with Gasteiger partial charge in [-0.15, -0.1) is 0 Å². The molecule has 0 bridgehead atoms. The van der Waals surface area contributed by atoms with Crippen LogP contribution in [0.15, 0.2) is 0 Å². The van der Waals surface area contributed by atoms with Crippen LogP contribution >= 0.6 is 0 Å². The number of rotatable bonds is 2. The average Bonchev–Trinajstić information content (AvgIpc) is 2.16. The van der Waals surface area contributed by atoms with Crippen molar-refractivity contribution in [1.29, 1.82) is 0 Å². The van der Waals surface area contributed by atoms with Gasteiger partial charge >= 0.3 is 0 Å². The molecule has 2 rings (SSSR count). The van der Waals surface area contributed by atoms with Crippen molar-refractivity contribution in [2.24, 2.45) is 5.41 Å². The topological polar surface area (TPSA) is 49.3 Å². The van der Waals surface area contributed by atoms with Crippen LogP contribution in [0.1, 0.15) is 51.9 Å². The average molecular weight is 211 g/mol. The maximum Gasteiger partial charge on any atom is 0.226 e. The van der Waals surface area contributed by atoms with E-state index in [9.17, 15) is 4.79 Å². The minimum Gasteiger partial charge on any atom is -0.393 e. The second kappa shape index (κ2) is 4.12. The molecule has 0 aromatic carbocycles. The van der Waals surface area contributed by atoms with Gasteiger partial charge in [0.25, 0.3) is 0 Å². The molecule has 3 heteroatoms. The summed E-state index contributed by atoms with van der Waals surface area (Å²) in [6.07, 6.45) is 6.96. The van der Waals surface area contributed by atoms with Gasteiger partial charge in [0.2, 0.25) is 5.91 Å². The number of amides is 1. The van der Waals surface area contributed by atoms with E-state index in [-0.39, 0.29) is 23.5 Å². The standard InChI is InChI=1S/C12H21NO2/c1-12(5-3-2-4-6-12)11(15)13-9-7-10(14)8-9/h9-10,14H,2-8H2,1H3,(H,13,15). The van der Waals surface area contributed by atoms with Gasteiger partial charge in [0.15, 0.2) is 0 Å². The van der Waals surface area contributed by atoms with Crippen LogP contribution in [0, 0.1) is 5.41 Å². The third-order valence-electron chi connectivity index (χ3n) is 3.95. The molecule has 0 spiro atoms. The van der Waals surface area contributed by atoms with Crippen molar-refractivity contribution in [3.05, 3.63) is 0 Å². The Morgan fingerprint density at radius 3 is 2.40 bits per heavy atom. The molecule has 0 unspecified atom stereocenters. The van der Waals surface area contributed by atoms with Gasteiger partial charge in [-0.1, -0.05) is 26.2 Å². The Balaban J connectivity index is 1.83. The van der Waals surface area contributed by atoms with Gasteiger partial charge in [-0.2, -0.15) is 0 Å². The van der Waals surface area contributed by atoms with E-state index in [0.29, 0.717) is 0 Å². The molecule has 0 radical (unpaired) electrons. The molecule has 0 saturated heterocycles.